The number of carbonyl (C=O) groups excluding carboxylic acids is 3. The second kappa shape index (κ2) is 11.0. The Morgan fingerprint density at radius 1 is 0.906 bits per heavy atom. The third kappa shape index (κ3) is 5.90. The first-order valence-electron chi connectivity index (χ1n) is 10.5. The van der Waals surface area contributed by atoms with E-state index in [2.05, 4.69) is 29.6 Å². The smallest absolute Gasteiger partial charge is 0.338 e. The summed E-state index contributed by atoms with van der Waals surface area (Å²) in [4.78, 5) is 38.6. The molecule has 0 fully saturated rings. The van der Waals surface area contributed by atoms with Crippen LogP contribution in [0.3, 0.4) is 0 Å². The molecule has 1 aliphatic heterocycles. The van der Waals surface area contributed by atoms with Crippen molar-refractivity contribution in [2.45, 2.75) is 20.3 Å². The third-order valence-corrected chi connectivity index (χ3v) is 4.89. The molecule has 9 heteroatoms. The maximum atomic E-state index is 12.2. The van der Waals surface area contributed by atoms with Crippen molar-refractivity contribution in [3.63, 3.8) is 0 Å². The minimum atomic E-state index is -0.686. The summed E-state index contributed by atoms with van der Waals surface area (Å²) in [6.45, 7) is 6.33. The molecule has 2 aromatic rings. The molecule has 170 valence electrons. The number of hydrogen-bond donors (Lipinski definition) is 2. The highest BCUT2D eigenvalue weighted by Crippen LogP contribution is 2.30. The van der Waals surface area contributed by atoms with Crippen molar-refractivity contribution >= 4 is 23.5 Å². The van der Waals surface area contributed by atoms with Crippen molar-refractivity contribution in [2.75, 3.05) is 37.8 Å². The van der Waals surface area contributed by atoms with Crippen molar-refractivity contribution in [3.05, 3.63) is 53.6 Å². The Hall–Kier alpha value is -3.75. The van der Waals surface area contributed by atoms with E-state index >= 15 is 0 Å². The normalized spacial score (nSPS) is 12.3. The summed E-state index contributed by atoms with van der Waals surface area (Å²) in [5.41, 5.74) is 6.18. The molecule has 0 bridgehead atoms. The van der Waals surface area contributed by atoms with E-state index in [1.54, 1.807) is 18.2 Å². The summed E-state index contributed by atoms with van der Waals surface area (Å²) in [7, 11) is 0. The Labute approximate surface area is 186 Å². The molecule has 2 N–H and O–H groups in total. The third-order valence-electron chi connectivity index (χ3n) is 4.89. The van der Waals surface area contributed by atoms with Crippen LogP contribution in [-0.2, 0) is 9.53 Å². The molecule has 1 heterocycles. The van der Waals surface area contributed by atoms with E-state index < -0.39 is 24.4 Å². The molecule has 0 unspecified atom stereocenters. The van der Waals surface area contributed by atoms with Crippen molar-refractivity contribution in [2.24, 2.45) is 0 Å². The summed E-state index contributed by atoms with van der Waals surface area (Å²) in [6.07, 6.45) is 0.750. The summed E-state index contributed by atoms with van der Waals surface area (Å²) < 4.78 is 16.1. The van der Waals surface area contributed by atoms with Gasteiger partial charge in [0.25, 0.3) is 11.8 Å². The zero-order chi connectivity index (χ0) is 22.9. The summed E-state index contributed by atoms with van der Waals surface area (Å²) in [5.74, 6) is -0.807. The second-order valence-electron chi connectivity index (χ2n) is 7.01. The van der Waals surface area contributed by atoms with Gasteiger partial charge < -0.3 is 19.1 Å². The van der Waals surface area contributed by atoms with Crippen LogP contribution in [0.15, 0.2) is 42.5 Å². The van der Waals surface area contributed by atoms with E-state index in [1.807, 2.05) is 12.1 Å². The van der Waals surface area contributed by atoms with Crippen LogP contribution < -0.4 is 25.2 Å². The number of esters is 1. The van der Waals surface area contributed by atoms with Crippen LogP contribution in [0.2, 0.25) is 0 Å². The van der Waals surface area contributed by atoms with Crippen LogP contribution in [0.25, 0.3) is 0 Å². The molecule has 3 rings (SSSR count). The number of hydrogen-bond acceptors (Lipinski definition) is 7. The van der Waals surface area contributed by atoms with Gasteiger partial charge in [0, 0.05) is 30.8 Å². The van der Waals surface area contributed by atoms with Gasteiger partial charge in [0.1, 0.15) is 0 Å². The number of fused-ring (bicyclic) bond motifs is 1. The predicted molar refractivity (Wildman–Crippen MR) is 118 cm³/mol. The molecule has 0 aliphatic carbocycles. The molecule has 0 radical (unpaired) electrons. The molecule has 9 nitrogen and oxygen atoms in total. The lowest BCUT2D eigenvalue weighted by atomic mass is 10.2. The molecule has 0 aromatic heterocycles. The number of hydrazine groups is 1. The zero-order valence-electron chi connectivity index (χ0n) is 18.2. The van der Waals surface area contributed by atoms with E-state index in [-0.39, 0.29) is 5.56 Å². The van der Waals surface area contributed by atoms with Gasteiger partial charge in [0.05, 0.1) is 18.8 Å². The summed E-state index contributed by atoms with van der Waals surface area (Å²) >= 11 is 0. The van der Waals surface area contributed by atoms with Crippen LogP contribution in [-0.4, -0.2) is 50.7 Å². The van der Waals surface area contributed by atoms with E-state index in [0.717, 1.165) is 25.2 Å². The first-order chi connectivity index (χ1) is 15.5. The molecule has 0 saturated carbocycles. The number of nitrogens with zero attached hydrogens (tertiary/aromatic N) is 1. The number of rotatable bonds is 7. The van der Waals surface area contributed by atoms with Gasteiger partial charge in [0.15, 0.2) is 18.1 Å². The Bertz CT molecular complexity index is 957. The molecule has 32 heavy (non-hydrogen) atoms. The second-order valence-corrected chi connectivity index (χ2v) is 7.01. The Balaban J connectivity index is 1.46. The highest BCUT2D eigenvalue weighted by Gasteiger charge is 2.16. The van der Waals surface area contributed by atoms with Crippen LogP contribution in [0.5, 0.6) is 11.5 Å². The maximum absolute atomic E-state index is 12.2. The van der Waals surface area contributed by atoms with Gasteiger partial charge in [-0.1, -0.05) is 0 Å². The standard InChI is InChI=1S/C23H27N3O6/c1-3-26(4-2)18-9-6-16(7-10-18)22(28)25-24-21(27)15-32-23(29)17-8-11-19-20(14-17)31-13-5-12-30-19/h6-11,14H,3-5,12-13,15H2,1-2H3,(H,24,27)(H,25,28). The number of nitrogens with one attached hydrogen (secondary N) is 2. The summed E-state index contributed by atoms with van der Waals surface area (Å²) in [5, 5.41) is 0. The van der Waals surface area contributed by atoms with Crippen molar-refractivity contribution in [1.82, 2.24) is 10.9 Å². The minimum Gasteiger partial charge on any atom is -0.490 e. The van der Waals surface area contributed by atoms with Gasteiger partial charge in [0.2, 0.25) is 0 Å². The molecular weight excluding hydrogens is 414 g/mol. The van der Waals surface area contributed by atoms with Crippen molar-refractivity contribution < 1.29 is 28.6 Å². The van der Waals surface area contributed by atoms with Crippen LogP contribution >= 0.6 is 0 Å². The number of amides is 2. The fourth-order valence-corrected chi connectivity index (χ4v) is 3.15. The average molecular weight is 441 g/mol. The summed E-state index contributed by atoms with van der Waals surface area (Å²) in [6, 6.07) is 11.7. The molecule has 2 amide bonds. The van der Waals surface area contributed by atoms with E-state index in [1.165, 1.54) is 12.1 Å². The Kier molecular flexibility index (Phi) is 7.91. The monoisotopic (exact) mass is 441 g/mol. The number of carbonyl (C=O) groups is 3. The maximum Gasteiger partial charge on any atom is 0.338 e. The van der Waals surface area contributed by atoms with Crippen LogP contribution in [0.4, 0.5) is 5.69 Å². The topological polar surface area (TPSA) is 106 Å². The average Bonchev–Trinajstić information content (AvgIpc) is 3.07. The van der Waals surface area contributed by atoms with Gasteiger partial charge in [-0.05, 0) is 56.3 Å². The van der Waals surface area contributed by atoms with E-state index in [4.69, 9.17) is 14.2 Å². The molecule has 0 spiro atoms. The fourth-order valence-electron chi connectivity index (χ4n) is 3.15. The highest BCUT2D eigenvalue weighted by atomic mass is 16.5. The lowest BCUT2D eigenvalue weighted by molar-refractivity contribution is -0.125. The van der Waals surface area contributed by atoms with Gasteiger partial charge in [-0.25, -0.2) is 4.79 Å². The zero-order valence-corrected chi connectivity index (χ0v) is 18.2. The van der Waals surface area contributed by atoms with Gasteiger partial charge in [-0.15, -0.1) is 0 Å². The van der Waals surface area contributed by atoms with Gasteiger partial charge in [-0.2, -0.15) is 0 Å². The fraction of sp³-hybridized carbons (Fsp3) is 0.348. The first-order valence-corrected chi connectivity index (χ1v) is 10.5. The van der Waals surface area contributed by atoms with Crippen LogP contribution in [0, 0.1) is 0 Å². The molecule has 2 aromatic carbocycles. The highest BCUT2D eigenvalue weighted by molar-refractivity contribution is 5.96. The molecule has 0 saturated heterocycles. The van der Waals surface area contributed by atoms with E-state index in [0.29, 0.717) is 30.3 Å². The Morgan fingerprint density at radius 3 is 2.25 bits per heavy atom. The number of ether oxygens (including phenoxy) is 3. The van der Waals surface area contributed by atoms with Crippen LogP contribution in [0.1, 0.15) is 41.0 Å². The minimum absolute atomic E-state index is 0.236. The predicted octanol–water partition coefficient (Wildman–Crippen LogP) is 2.31. The number of benzene rings is 2. The largest absolute Gasteiger partial charge is 0.490 e. The lowest BCUT2D eigenvalue weighted by Gasteiger charge is -2.21. The first kappa shape index (κ1) is 22.9. The Morgan fingerprint density at radius 2 is 1.56 bits per heavy atom. The van der Waals surface area contributed by atoms with Crippen molar-refractivity contribution in [1.29, 1.82) is 0 Å². The number of anilines is 1. The van der Waals surface area contributed by atoms with E-state index in [9.17, 15) is 14.4 Å². The molecule has 1 aliphatic rings. The molecule has 0 atom stereocenters. The molecular formula is C23H27N3O6. The van der Waals surface area contributed by atoms with Gasteiger partial charge >= 0.3 is 5.97 Å². The quantitative estimate of drug-likeness (QED) is 0.502. The van der Waals surface area contributed by atoms with Crippen molar-refractivity contribution in [3.8, 4) is 11.5 Å². The SMILES string of the molecule is CCN(CC)c1ccc(C(=O)NNC(=O)COC(=O)c2ccc3c(c2)OCCCO3)cc1. The lowest BCUT2D eigenvalue weighted by Crippen LogP contribution is -2.43. The van der Waals surface area contributed by atoms with Gasteiger partial charge in [-0.3, -0.25) is 20.4 Å².